The maximum atomic E-state index is 12.1. The second-order valence-electron chi connectivity index (χ2n) is 7.27. The minimum Gasteiger partial charge on any atom is -0.497 e. The van der Waals surface area contributed by atoms with Gasteiger partial charge in [0.1, 0.15) is 5.75 Å². The number of amides is 1. The normalized spacial score (nSPS) is 11.8. The smallest absolute Gasteiger partial charge is 0.244 e. The third kappa shape index (κ3) is 8.62. The van der Waals surface area contributed by atoms with Gasteiger partial charge >= 0.3 is 0 Å². The van der Waals surface area contributed by atoms with Crippen LogP contribution in [0.25, 0.3) is 5.57 Å². The summed E-state index contributed by atoms with van der Waals surface area (Å²) in [7, 11) is 3.70. The van der Waals surface area contributed by atoms with E-state index in [4.69, 9.17) is 4.74 Å². The fourth-order valence-electron chi connectivity index (χ4n) is 3.06. The second-order valence-corrected chi connectivity index (χ2v) is 7.27. The number of allylic oxidation sites excluding steroid dienone is 3. The van der Waals surface area contributed by atoms with Gasteiger partial charge in [-0.1, -0.05) is 43.7 Å². The first-order valence-electron chi connectivity index (χ1n) is 10.5. The summed E-state index contributed by atoms with van der Waals surface area (Å²) in [4.78, 5) is 18.4. The lowest BCUT2D eigenvalue weighted by molar-refractivity contribution is -0.116. The molecule has 0 unspecified atom stereocenters. The Labute approximate surface area is 180 Å². The molecular formula is C25H33N3O2. The molecule has 1 N–H and O–H groups in total. The SMILES string of the molecule is CCCC/C(=C\C=C\C(=O)NCCN(C)Cc1cccnc1)c1ccc(OC)cc1. The van der Waals surface area contributed by atoms with E-state index in [1.807, 2.05) is 43.6 Å². The summed E-state index contributed by atoms with van der Waals surface area (Å²) in [6.45, 7) is 4.37. The van der Waals surface area contributed by atoms with Crippen molar-refractivity contribution in [2.24, 2.45) is 0 Å². The highest BCUT2D eigenvalue weighted by molar-refractivity contribution is 5.88. The van der Waals surface area contributed by atoms with Gasteiger partial charge in [-0.25, -0.2) is 0 Å². The van der Waals surface area contributed by atoms with Crippen molar-refractivity contribution in [3.63, 3.8) is 0 Å². The predicted molar refractivity (Wildman–Crippen MR) is 123 cm³/mol. The number of carbonyl (C=O) groups excluding carboxylic acids is 1. The summed E-state index contributed by atoms with van der Waals surface area (Å²) in [5, 5.41) is 2.94. The minimum absolute atomic E-state index is 0.0781. The molecule has 0 spiro atoms. The van der Waals surface area contributed by atoms with Crippen LogP contribution in [0.4, 0.5) is 0 Å². The Morgan fingerprint density at radius 1 is 1.23 bits per heavy atom. The molecule has 0 aliphatic rings. The first-order valence-corrected chi connectivity index (χ1v) is 10.5. The van der Waals surface area contributed by atoms with Crippen LogP contribution in [0.2, 0.25) is 0 Å². The summed E-state index contributed by atoms with van der Waals surface area (Å²) in [5.41, 5.74) is 3.54. The van der Waals surface area contributed by atoms with E-state index in [1.165, 1.54) is 5.57 Å². The number of nitrogens with one attached hydrogen (secondary N) is 1. The van der Waals surface area contributed by atoms with Crippen LogP contribution in [-0.4, -0.2) is 43.0 Å². The standard InChI is InChI=1S/C25H33N3O2/c1-4-5-9-22(23-12-14-24(30-3)15-13-23)10-6-11-25(29)27-17-18-28(2)20-21-8-7-16-26-19-21/h6-8,10-16,19H,4-5,9,17-18,20H2,1-3H3,(H,27,29)/b11-6+,22-10+. The molecule has 1 aromatic carbocycles. The third-order valence-electron chi connectivity index (χ3n) is 4.77. The molecule has 0 saturated heterocycles. The zero-order chi connectivity index (χ0) is 21.6. The summed E-state index contributed by atoms with van der Waals surface area (Å²) < 4.78 is 5.24. The molecule has 0 aliphatic heterocycles. The molecule has 0 aliphatic carbocycles. The first-order chi connectivity index (χ1) is 14.6. The number of aromatic nitrogens is 1. The molecule has 2 rings (SSSR count). The van der Waals surface area contributed by atoms with E-state index in [9.17, 15) is 4.79 Å². The average Bonchev–Trinajstić information content (AvgIpc) is 2.77. The fraction of sp³-hybridized carbons (Fsp3) is 0.360. The van der Waals surface area contributed by atoms with Crippen LogP contribution in [0.15, 0.2) is 67.0 Å². The van der Waals surface area contributed by atoms with E-state index in [0.717, 1.165) is 49.2 Å². The van der Waals surface area contributed by atoms with Gasteiger partial charge in [0.05, 0.1) is 7.11 Å². The molecule has 0 radical (unpaired) electrons. The average molecular weight is 408 g/mol. The Kier molecular flexibility index (Phi) is 10.4. The van der Waals surface area contributed by atoms with Crippen LogP contribution in [0.5, 0.6) is 5.75 Å². The number of likely N-dealkylation sites (N-methyl/N-ethyl adjacent to an activating group) is 1. The molecule has 5 nitrogen and oxygen atoms in total. The van der Waals surface area contributed by atoms with E-state index in [1.54, 1.807) is 19.4 Å². The van der Waals surface area contributed by atoms with Gasteiger partial charge in [-0.15, -0.1) is 0 Å². The molecule has 0 atom stereocenters. The second kappa shape index (κ2) is 13.3. The van der Waals surface area contributed by atoms with Crippen LogP contribution < -0.4 is 10.1 Å². The van der Waals surface area contributed by atoms with E-state index >= 15 is 0 Å². The van der Waals surface area contributed by atoms with Gasteiger partial charge in [0, 0.05) is 38.1 Å². The van der Waals surface area contributed by atoms with Crippen molar-refractivity contribution in [1.82, 2.24) is 15.2 Å². The van der Waals surface area contributed by atoms with Crippen molar-refractivity contribution in [3.05, 3.63) is 78.1 Å². The van der Waals surface area contributed by atoms with Gasteiger partial charge in [0.25, 0.3) is 0 Å². The molecule has 0 fully saturated rings. The molecule has 0 saturated carbocycles. The van der Waals surface area contributed by atoms with Gasteiger partial charge in [-0.05, 0) is 54.8 Å². The number of hydrogen-bond acceptors (Lipinski definition) is 4. The lowest BCUT2D eigenvalue weighted by Gasteiger charge is -2.16. The van der Waals surface area contributed by atoms with E-state index in [0.29, 0.717) is 6.54 Å². The Morgan fingerprint density at radius 3 is 2.70 bits per heavy atom. The lowest BCUT2D eigenvalue weighted by atomic mass is 9.99. The summed E-state index contributed by atoms with van der Waals surface area (Å²) in [5.74, 6) is 0.766. The molecule has 2 aromatic rings. The number of ether oxygens (including phenoxy) is 1. The van der Waals surface area contributed by atoms with Crippen LogP contribution >= 0.6 is 0 Å². The largest absolute Gasteiger partial charge is 0.497 e. The monoisotopic (exact) mass is 407 g/mol. The van der Waals surface area contributed by atoms with Crippen molar-refractivity contribution in [2.75, 3.05) is 27.2 Å². The molecule has 1 heterocycles. The van der Waals surface area contributed by atoms with E-state index < -0.39 is 0 Å². The van der Waals surface area contributed by atoms with Crippen molar-refractivity contribution >= 4 is 11.5 Å². The molecule has 160 valence electrons. The van der Waals surface area contributed by atoms with Crippen molar-refractivity contribution in [3.8, 4) is 5.75 Å². The Morgan fingerprint density at radius 2 is 2.03 bits per heavy atom. The van der Waals surface area contributed by atoms with Crippen LogP contribution in [-0.2, 0) is 11.3 Å². The van der Waals surface area contributed by atoms with Gasteiger partial charge in [0.2, 0.25) is 5.91 Å². The maximum Gasteiger partial charge on any atom is 0.244 e. The molecule has 5 heteroatoms. The predicted octanol–water partition coefficient (Wildman–Crippen LogP) is 4.47. The maximum absolute atomic E-state index is 12.1. The van der Waals surface area contributed by atoms with Crippen LogP contribution in [0.1, 0.15) is 37.3 Å². The van der Waals surface area contributed by atoms with Gasteiger partial charge in [-0.3, -0.25) is 9.78 Å². The third-order valence-corrected chi connectivity index (χ3v) is 4.77. The van der Waals surface area contributed by atoms with Crippen molar-refractivity contribution in [2.45, 2.75) is 32.7 Å². The van der Waals surface area contributed by atoms with Crippen LogP contribution in [0, 0.1) is 0 Å². The molecule has 1 amide bonds. The summed E-state index contributed by atoms with van der Waals surface area (Å²) >= 11 is 0. The zero-order valence-corrected chi connectivity index (χ0v) is 18.3. The number of unbranched alkanes of at least 4 members (excludes halogenated alkanes) is 1. The zero-order valence-electron chi connectivity index (χ0n) is 18.3. The van der Waals surface area contributed by atoms with Crippen molar-refractivity contribution < 1.29 is 9.53 Å². The lowest BCUT2D eigenvalue weighted by Crippen LogP contribution is -2.31. The molecular weight excluding hydrogens is 374 g/mol. The first kappa shape index (κ1) is 23.4. The fourth-order valence-corrected chi connectivity index (χ4v) is 3.06. The topological polar surface area (TPSA) is 54.5 Å². The van der Waals surface area contributed by atoms with Gasteiger partial charge in [-0.2, -0.15) is 0 Å². The highest BCUT2D eigenvalue weighted by atomic mass is 16.5. The quantitative estimate of drug-likeness (QED) is 0.417. The Balaban J connectivity index is 1.83. The van der Waals surface area contributed by atoms with Gasteiger partial charge in [0.15, 0.2) is 0 Å². The summed E-state index contributed by atoms with van der Waals surface area (Å²) in [6.07, 6.45) is 12.3. The number of rotatable bonds is 12. The Bertz CT molecular complexity index is 814. The molecule has 30 heavy (non-hydrogen) atoms. The highest BCUT2D eigenvalue weighted by Gasteiger charge is 2.03. The van der Waals surface area contributed by atoms with E-state index in [-0.39, 0.29) is 5.91 Å². The van der Waals surface area contributed by atoms with Gasteiger partial charge < -0.3 is 15.0 Å². The number of carbonyl (C=O) groups is 1. The van der Waals surface area contributed by atoms with Crippen LogP contribution in [0.3, 0.4) is 0 Å². The minimum atomic E-state index is -0.0781. The van der Waals surface area contributed by atoms with Crippen molar-refractivity contribution in [1.29, 1.82) is 0 Å². The van der Waals surface area contributed by atoms with E-state index in [2.05, 4.69) is 40.3 Å². The summed E-state index contributed by atoms with van der Waals surface area (Å²) in [6, 6.07) is 12.0. The number of methoxy groups -OCH3 is 1. The Hall–Kier alpha value is -2.92. The number of hydrogen-bond donors (Lipinski definition) is 1. The molecule has 0 bridgehead atoms. The number of benzene rings is 1. The molecule has 1 aromatic heterocycles. The number of nitrogens with zero attached hydrogens (tertiary/aromatic N) is 2. The highest BCUT2D eigenvalue weighted by Crippen LogP contribution is 2.23. The number of pyridine rings is 1.